The van der Waals surface area contributed by atoms with Crippen LogP contribution in [0.5, 0.6) is 0 Å². The molecule has 0 radical (unpaired) electrons. The third-order valence-electron chi connectivity index (χ3n) is 4.11. The van der Waals surface area contributed by atoms with Crippen molar-refractivity contribution in [3.05, 3.63) is 55.0 Å². The molecule has 3 aromatic heterocycles. The lowest BCUT2D eigenvalue weighted by molar-refractivity contribution is 0.790. The van der Waals surface area contributed by atoms with Crippen molar-refractivity contribution in [2.24, 2.45) is 0 Å². The molecule has 9 heteroatoms. The fourth-order valence-corrected chi connectivity index (χ4v) is 3.79. The summed E-state index contributed by atoms with van der Waals surface area (Å²) in [5, 5.41) is 20.2. The Morgan fingerprint density at radius 2 is 2.04 bits per heavy atom. The number of nitrogen functional groups attached to an aromatic ring is 1. The number of hydrogen-bond acceptors (Lipinski definition) is 7. The quantitative estimate of drug-likeness (QED) is 0.512. The second kappa shape index (κ2) is 5.74. The van der Waals surface area contributed by atoms with E-state index in [0.29, 0.717) is 5.82 Å². The number of tetrazole rings is 1. The van der Waals surface area contributed by atoms with Crippen molar-refractivity contribution in [1.29, 1.82) is 0 Å². The van der Waals surface area contributed by atoms with Crippen LogP contribution in [0.4, 0.5) is 5.82 Å². The van der Waals surface area contributed by atoms with Crippen LogP contribution in [-0.2, 0) is 0 Å². The van der Waals surface area contributed by atoms with E-state index >= 15 is 0 Å². The minimum Gasteiger partial charge on any atom is -0.382 e. The van der Waals surface area contributed by atoms with Crippen LogP contribution in [0.2, 0.25) is 0 Å². The smallest absolute Gasteiger partial charge is 0.153 e. The highest BCUT2D eigenvalue weighted by Crippen LogP contribution is 2.36. The first kappa shape index (κ1) is 14.7. The van der Waals surface area contributed by atoms with E-state index < -0.39 is 0 Å². The molecule has 0 unspecified atom stereocenters. The Morgan fingerprint density at radius 1 is 1.12 bits per heavy atom. The number of H-pyrrole nitrogens is 1. The van der Waals surface area contributed by atoms with Gasteiger partial charge in [-0.15, -0.1) is 16.4 Å². The summed E-state index contributed by atoms with van der Waals surface area (Å²) in [4.78, 5) is 5.66. The van der Waals surface area contributed by atoms with Crippen LogP contribution in [-0.4, -0.2) is 35.4 Å². The fourth-order valence-electron chi connectivity index (χ4n) is 2.85. The van der Waals surface area contributed by atoms with Gasteiger partial charge in [0.15, 0.2) is 5.82 Å². The topological polar surface area (TPSA) is 111 Å². The van der Waals surface area contributed by atoms with Crippen molar-refractivity contribution < 1.29 is 0 Å². The summed E-state index contributed by atoms with van der Waals surface area (Å²) in [6.07, 6.45) is 3.44. The first-order valence-electron chi connectivity index (χ1n) is 7.82. The lowest BCUT2D eigenvalue weighted by atomic mass is 10.1. The van der Waals surface area contributed by atoms with Crippen LogP contribution in [0.25, 0.3) is 37.6 Å². The molecule has 0 aliphatic carbocycles. The van der Waals surface area contributed by atoms with Gasteiger partial charge in [0.2, 0.25) is 0 Å². The normalized spacial score (nSPS) is 11.2. The third-order valence-corrected chi connectivity index (χ3v) is 5.19. The molecule has 0 saturated carbocycles. The minimum absolute atomic E-state index is 0.496. The van der Waals surface area contributed by atoms with Crippen molar-refractivity contribution in [3.63, 3.8) is 0 Å². The van der Waals surface area contributed by atoms with Gasteiger partial charge in [0.25, 0.3) is 0 Å². The molecule has 0 atom stereocenters. The number of thiazole rings is 1. The van der Waals surface area contributed by atoms with Gasteiger partial charge in [-0.1, -0.05) is 18.2 Å². The van der Waals surface area contributed by atoms with E-state index in [2.05, 4.69) is 30.7 Å². The van der Waals surface area contributed by atoms with E-state index in [4.69, 9.17) is 5.73 Å². The molecular formula is C17H12N8S. The molecule has 3 N–H and O–H groups in total. The predicted molar refractivity (Wildman–Crippen MR) is 99.8 cm³/mol. The third kappa shape index (κ3) is 2.33. The van der Waals surface area contributed by atoms with Crippen molar-refractivity contribution in [2.75, 3.05) is 5.73 Å². The number of nitrogens with one attached hydrogen (secondary N) is 1. The Hall–Kier alpha value is -3.59. The molecule has 26 heavy (non-hydrogen) atoms. The van der Waals surface area contributed by atoms with Crippen molar-refractivity contribution >= 4 is 28.1 Å². The SMILES string of the molecule is Nc1n[nH]c2ccc(-c3cnc(-c4ccccc4-n4cnnn4)s3)cc12. The van der Waals surface area contributed by atoms with Crippen LogP contribution in [0.1, 0.15) is 0 Å². The summed E-state index contributed by atoms with van der Waals surface area (Å²) in [7, 11) is 0. The van der Waals surface area contributed by atoms with Gasteiger partial charge in [-0.05, 0) is 40.3 Å². The van der Waals surface area contributed by atoms with Gasteiger partial charge in [-0.3, -0.25) is 5.10 Å². The maximum Gasteiger partial charge on any atom is 0.153 e. The molecule has 5 rings (SSSR count). The van der Waals surface area contributed by atoms with E-state index in [0.717, 1.165) is 37.6 Å². The van der Waals surface area contributed by atoms with Gasteiger partial charge in [-0.25, -0.2) is 4.98 Å². The first-order valence-corrected chi connectivity index (χ1v) is 8.64. The standard InChI is InChI=1S/C17H12N8S/c18-16-12-7-10(5-6-13(12)21-22-16)15-8-19-17(26-15)11-3-1-2-4-14(11)25-9-20-23-24-25/h1-9H,(H3,18,21,22). The van der Waals surface area contributed by atoms with Crippen LogP contribution in [0.3, 0.4) is 0 Å². The highest BCUT2D eigenvalue weighted by molar-refractivity contribution is 7.18. The molecule has 126 valence electrons. The Kier molecular flexibility index (Phi) is 3.25. The predicted octanol–water partition coefficient (Wildman–Crippen LogP) is 2.91. The number of fused-ring (bicyclic) bond motifs is 1. The summed E-state index contributed by atoms with van der Waals surface area (Å²) in [6, 6.07) is 13.9. The summed E-state index contributed by atoms with van der Waals surface area (Å²) in [5.41, 5.74) is 9.74. The van der Waals surface area contributed by atoms with Gasteiger partial charge >= 0.3 is 0 Å². The number of para-hydroxylation sites is 1. The molecule has 2 aromatic carbocycles. The van der Waals surface area contributed by atoms with E-state index in [9.17, 15) is 0 Å². The Balaban J connectivity index is 1.59. The monoisotopic (exact) mass is 360 g/mol. The molecule has 0 spiro atoms. The lowest BCUT2D eigenvalue weighted by Crippen LogP contribution is -1.97. The Morgan fingerprint density at radius 3 is 2.92 bits per heavy atom. The number of hydrogen-bond donors (Lipinski definition) is 2. The van der Waals surface area contributed by atoms with Gasteiger partial charge in [-0.2, -0.15) is 9.78 Å². The summed E-state index contributed by atoms with van der Waals surface area (Å²) < 4.78 is 1.63. The minimum atomic E-state index is 0.496. The largest absolute Gasteiger partial charge is 0.382 e. The van der Waals surface area contributed by atoms with Crippen LogP contribution in [0, 0.1) is 0 Å². The van der Waals surface area contributed by atoms with E-state index in [1.807, 2.05) is 48.7 Å². The van der Waals surface area contributed by atoms with Crippen LogP contribution in [0.15, 0.2) is 55.0 Å². The van der Waals surface area contributed by atoms with Crippen molar-refractivity contribution in [3.8, 4) is 26.7 Å². The molecular weight excluding hydrogens is 348 g/mol. The van der Waals surface area contributed by atoms with Crippen molar-refractivity contribution in [1.82, 2.24) is 35.4 Å². The lowest BCUT2D eigenvalue weighted by Gasteiger charge is -2.05. The average Bonchev–Trinajstić information content (AvgIpc) is 3.43. The maximum absolute atomic E-state index is 5.92. The highest BCUT2D eigenvalue weighted by atomic mass is 32.1. The number of aromatic amines is 1. The van der Waals surface area contributed by atoms with Gasteiger partial charge in [0.05, 0.1) is 16.1 Å². The number of anilines is 1. The zero-order chi connectivity index (χ0) is 17.5. The molecule has 8 nitrogen and oxygen atoms in total. The van der Waals surface area contributed by atoms with Gasteiger partial charge in [0.1, 0.15) is 11.3 Å². The molecule has 5 aromatic rings. The molecule has 0 aliphatic rings. The first-order chi connectivity index (χ1) is 12.8. The molecule has 3 heterocycles. The van der Waals surface area contributed by atoms with Gasteiger partial charge in [0, 0.05) is 17.1 Å². The number of benzene rings is 2. The van der Waals surface area contributed by atoms with Gasteiger partial charge < -0.3 is 5.73 Å². The molecule has 0 saturated heterocycles. The molecule has 0 fully saturated rings. The highest BCUT2D eigenvalue weighted by Gasteiger charge is 2.13. The number of nitrogens with zero attached hydrogens (tertiary/aromatic N) is 6. The Labute approximate surface area is 151 Å². The van der Waals surface area contributed by atoms with E-state index in [-0.39, 0.29) is 0 Å². The zero-order valence-corrected chi connectivity index (χ0v) is 14.2. The fraction of sp³-hybridized carbons (Fsp3) is 0. The second-order valence-electron chi connectivity index (χ2n) is 5.67. The number of rotatable bonds is 3. The molecule has 0 aliphatic heterocycles. The summed E-state index contributed by atoms with van der Waals surface area (Å²) in [6.45, 7) is 0. The maximum atomic E-state index is 5.92. The molecule has 0 amide bonds. The second-order valence-corrected chi connectivity index (χ2v) is 6.70. The zero-order valence-electron chi connectivity index (χ0n) is 13.4. The number of aromatic nitrogens is 7. The Bertz CT molecular complexity index is 1200. The van der Waals surface area contributed by atoms with Crippen LogP contribution >= 0.6 is 11.3 Å². The van der Waals surface area contributed by atoms with Crippen LogP contribution < -0.4 is 5.73 Å². The summed E-state index contributed by atoms with van der Waals surface area (Å²) in [5.74, 6) is 0.496. The average molecular weight is 360 g/mol. The number of nitrogens with two attached hydrogens (primary N) is 1. The van der Waals surface area contributed by atoms with Crippen molar-refractivity contribution in [2.45, 2.75) is 0 Å². The molecule has 0 bridgehead atoms. The van der Waals surface area contributed by atoms with E-state index in [1.165, 1.54) is 0 Å². The summed E-state index contributed by atoms with van der Waals surface area (Å²) >= 11 is 1.60. The van der Waals surface area contributed by atoms with E-state index in [1.54, 1.807) is 22.3 Å².